The number of aryl methyl sites for hydroxylation is 1. The maximum Gasteiger partial charge on any atom is 0.216 e. The average Bonchev–Trinajstić information content (AvgIpc) is 3.35. The lowest BCUT2D eigenvalue weighted by molar-refractivity contribution is -0.118. The van der Waals surface area contributed by atoms with Crippen molar-refractivity contribution < 1.29 is 14.3 Å². The molecule has 0 saturated carbocycles. The topological polar surface area (TPSA) is 86.1 Å². The van der Waals surface area contributed by atoms with Crippen molar-refractivity contribution in [2.24, 2.45) is 0 Å². The van der Waals surface area contributed by atoms with Crippen LogP contribution in [0.3, 0.4) is 0 Å². The Bertz CT molecular complexity index is 1020. The number of halogens is 1. The molecule has 1 amide bonds. The number of benzene rings is 1. The molecule has 2 heterocycles. The molecule has 0 atom stereocenters. The van der Waals surface area contributed by atoms with E-state index in [0.29, 0.717) is 27.3 Å². The molecule has 0 aliphatic heterocycles. The van der Waals surface area contributed by atoms with Gasteiger partial charge < -0.3 is 10.1 Å². The molecule has 0 aliphatic carbocycles. The smallest absolute Gasteiger partial charge is 0.216 e. The highest BCUT2D eigenvalue weighted by Gasteiger charge is 2.17. The number of nitrogens with one attached hydrogen (secondary N) is 1. The van der Waals surface area contributed by atoms with E-state index in [4.69, 9.17) is 16.3 Å². The van der Waals surface area contributed by atoms with E-state index in [1.165, 1.54) is 30.0 Å². The third-order valence-corrected chi connectivity index (χ3v) is 6.36. The number of rotatable bonds is 10. The minimum Gasteiger partial charge on any atom is -0.497 e. The molecule has 3 rings (SSSR count). The molecular formula is C20H21ClN4O3S2. The highest BCUT2D eigenvalue weighted by molar-refractivity contribution is 7.99. The number of ether oxygens (including phenoxy) is 1. The predicted molar refractivity (Wildman–Crippen MR) is 119 cm³/mol. The second-order valence-electron chi connectivity index (χ2n) is 6.33. The first-order valence-corrected chi connectivity index (χ1v) is 11.4. The predicted octanol–water partition coefficient (Wildman–Crippen LogP) is 4.03. The summed E-state index contributed by atoms with van der Waals surface area (Å²) in [6.07, 6.45) is 1.36. The van der Waals surface area contributed by atoms with E-state index in [9.17, 15) is 9.59 Å². The fourth-order valence-electron chi connectivity index (χ4n) is 2.72. The molecule has 7 nitrogen and oxygen atoms in total. The lowest BCUT2D eigenvalue weighted by Crippen LogP contribution is -2.21. The standard InChI is InChI=1S/C20H21ClN4O3S2/c1-13(26)22-11-3-4-19-23-24-20(25(19)14-5-7-15(28-2)8-6-14)29-12-16(27)17-9-10-18(21)30-17/h5-10H,3-4,11-12H2,1-2H3,(H,22,26). The van der Waals surface area contributed by atoms with Gasteiger partial charge in [-0.3, -0.25) is 14.2 Å². The SMILES string of the molecule is COc1ccc(-n2c(CCCNC(C)=O)nnc2SCC(=O)c2ccc(Cl)s2)cc1. The van der Waals surface area contributed by atoms with Crippen molar-refractivity contribution in [3.8, 4) is 11.4 Å². The Morgan fingerprint density at radius 3 is 2.60 bits per heavy atom. The van der Waals surface area contributed by atoms with Crippen molar-refractivity contribution in [3.05, 3.63) is 51.4 Å². The Morgan fingerprint density at radius 1 is 1.20 bits per heavy atom. The van der Waals surface area contributed by atoms with Crippen LogP contribution >= 0.6 is 34.7 Å². The van der Waals surface area contributed by atoms with E-state index >= 15 is 0 Å². The van der Waals surface area contributed by atoms with Gasteiger partial charge in [-0.15, -0.1) is 21.5 Å². The summed E-state index contributed by atoms with van der Waals surface area (Å²) in [7, 11) is 1.62. The molecule has 3 aromatic rings. The zero-order valence-electron chi connectivity index (χ0n) is 16.6. The number of aromatic nitrogens is 3. The quantitative estimate of drug-likeness (QED) is 0.277. The van der Waals surface area contributed by atoms with E-state index in [2.05, 4.69) is 15.5 Å². The van der Waals surface area contributed by atoms with Crippen LogP contribution in [0, 0.1) is 0 Å². The Hall–Kier alpha value is -2.36. The van der Waals surface area contributed by atoms with Crippen LogP contribution in [0.25, 0.3) is 5.69 Å². The van der Waals surface area contributed by atoms with Gasteiger partial charge in [0.05, 0.1) is 22.1 Å². The summed E-state index contributed by atoms with van der Waals surface area (Å²) in [6.45, 7) is 2.05. The lowest BCUT2D eigenvalue weighted by Gasteiger charge is -2.11. The Morgan fingerprint density at radius 2 is 1.97 bits per heavy atom. The summed E-state index contributed by atoms with van der Waals surface area (Å²) < 4.78 is 7.76. The van der Waals surface area contributed by atoms with Crippen molar-refractivity contribution in [2.75, 3.05) is 19.4 Å². The normalized spacial score (nSPS) is 10.8. The zero-order valence-corrected chi connectivity index (χ0v) is 18.9. The van der Waals surface area contributed by atoms with Gasteiger partial charge in [-0.25, -0.2) is 0 Å². The molecule has 0 spiro atoms. The van der Waals surface area contributed by atoms with Crippen LogP contribution in [0.1, 0.15) is 28.8 Å². The van der Waals surface area contributed by atoms with E-state index < -0.39 is 0 Å². The minimum absolute atomic E-state index is 0.00612. The fraction of sp³-hybridized carbons (Fsp3) is 0.300. The number of methoxy groups -OCH3 is 1. The Labute approximate surface area is 187 Å². The van der Waals surface area contributed by atoms with Crippen molar-refractivity contribution >= 4 is 46.4 Å². The van der Waals surface area contributed by atoms with Gasteiger partial charge in [0.2, 0.25) is 5.91 Å². The third-order valence-electron chi connectivity index (χ3n) is 4.16. The number of ketones is 1. The second-order valence-corrected chi connectivity index (χ2v) is 8.99. The molecule has 0 bridgehead atoms. The summed E-state index contributed by atoms with van der Waals surface area (Å²) in [6, 6.07) is 11.0. The van der Waals surface area contributed by atoms with Crippen LogP contribution in [-0.4, -0.2) is 45.9 Å². The van der Waals surface area contributed by atoms with E-state index in [-0.39, 0.29) is 17.4 Å². The van der Waals surface area contributed by atoms with Crippen LogP contribution in [0.4, 0.5) is 0 Å². The number of hydrogen-bond acceptors (Lipinski definition) is 7. The number of hydrogen-bond donors (Lipinski definition) is 1. The second kappa shape index (κ2) is 10.6. The van der Waals surface area contributed by atoms with Crippen LogP contribution in [0.5, 0.6) is 5.75 Å². The number of thioether (sulfide) groups is 1. The van der Waals surface area contributed by atoms with Crippen molar-refractivity contribution in [1.82, 2.24) is 20.1 Å². The maximum absolute atomic E-state index is 12.5. The minimum atomic E-state index is -0.0601. The van der Waals surface area contributed by atoms with Gasteiger partial charge in [0.25, 0.3) is 0 Å². The molecule has 158 valence electrons. The van der Waals surface area contributed by atoms with E-state index in [1.807, 2.05) is 28.8 Å². The monoisotopic (exact) mass is 464 g/mol. The first-order valence-electron chi connectivity index (χ1n) is 9.22. The highest BCUT2D eigenvalue weighted by Crippen LogP contribution is 2.27. The number of thiophene rings is 1. The van der Waals surface area contributed by atoms with Gasteiger partial charge in [0, 0.05) is 25.6 Å². The first kappa shape index (κ1) is 22.3. The van der Waals surface area contributed by atoms with Gasteiger partial charge in [0.1, 0.15) is 11.6 Å². The van der Waals surface area contributed by atoms with Crippen molar-refractivity contribution in [3.63, 3.8) is 0 Å². The summed E-state index contributed by atoms with van der Waals surface area (Å²) in [4.78, 5) is 24.2. The number of nitrogens with zero attached hydrogens (tertiary/aromatic N) is 3. The van der Waals surface area contributed by atoms with Gasteiger partial charge in [-0.1, -0.05) is 23.4 Å². The van der Waals surface area contributed by atoms with E-state index in [0.717, 1.165) is 23.7 Å². The summed E-state index contributed by atoms with van der Waals surface area (Å²) in [5, 5.41) is 12.0. The summed E-state index contributed by atoms with van der Waals surface area (Å²) in [5.74, 6) is 1.68. The number of Topliss-reactive ketones (excluding diaryl/α,β-unsaturated/α-hetero) is 1. The van der Waals surface area contributed by atoms with Gasteiger partial charge in [0.15, 0.2) is 10.9 Å². The molecule has 0 saturated heterocycles. The lowest BCUT2D eigenvalue weighted by atomic mass is 10.2. The van der Waals surface area contributed by atoms with Gasteiger partial charge >= 0.3 is 0 Å². The number of amides is 1. The molecule has 1 N–H and O–H groups in total. The molecule has 10 heteroatoms. The molecule has 0 radical (unpaired) electrons. The average molecular weight is 465 g/mol. The fourth-order valence-corrected chi connectivity index (χ4v) is 4.65. The largest absolute Gasteiger partial charge is 0.497 e. The van der Waals surface area contributed by atoms with Crippen LogP contribution < -0.4 is 10.1 Å². The third kappa shape index (κ3) is 5.84. The Balaban J connectivity index is 1.78. The van der Waals surface area contributed by atoms with Gasteiger partial charge in [-0.2, -0.15) is 0 Å². The highest BCUT2D eigenvalue weighted by atomic mass is 35.5. The van der Waals surface area contributed by atoms with Crippen LogP contribution in [0.15, 0.2) is 41.6 Å². The van der Waals surface area contributed by atoms with Crippen LogP contribution in [0.2, 0.25) is 4.34 Å². The molecule has 0 fully saturated rings. The van der Waals surface area contributed by atoms with Crippen molar-refractivity contribution in [2.45, 2.75) is 24.9 Å². The zero-order chi connectivity index (χ0) is 21.5. The molecule has 0 unspecified atom stereocenters. The molecule has 30 heavy (non-hydrogen) atoms. The first-order chi connectivity index (χ1) is 14.5. The number of carbonyl (C=O) groups excluding carboxylic acids is 2. The molecule has 0 aliphatic rings. The van der Waals surface area contributed by atoms with Crippen molar-refractivity contribution in [1.29, 1.82) is 0 Å². The summed E-state index contributed by atoms with van der Waals surface area (Å²) >= 11 is 8.53. The number of carbonyl (C=O) groups is 2. The van der Waals surface area contributed by atoms with E-state index in [1.54, 1.807) is 19.2 Å². The van der Waals surface area contributed by atoms with Gasteiger partial charge in [-0.05, 0) is 42.8 Å². The maximum atomic E-state index is 12.5. The van der Waals surface area contributed by atoms with Crippen LogP contribution in [-0.2, 0) is 11.2 Å². The molecular weight excluding hydrogens is 444 g/mol. The molecule has 2 aromatic heterocycles. The Kier molecular flexibility index (Phi) is 7.89. The summed E-state index contributed by atoms with van der Waals surface area (Å²) in [5.41, 5.74) is 0.879. The molecule has 1 aromatic carbocycles.